The quantitative estimate of drug-likeness (QED) is 0.697. The molecule has 1 heterocycles. The molecule has 1 amide bonds. The van der Waals surface area contributed by atoms with E-state index in [9.17, 15) is 28.3 Å². The Morgan fingerprint density at radius 2 is 2.00 bits per heavy atom. The summed E-state index contributed by atoms with van der Waals surface area (Å²) in [6.07, 6.45) is 0.464. The minimum Gasteiger partial charge on any atom is -0.506 e. The van der Waals surface area contributed by atoms with Crippen molar-refractivity contribution < 1.29 is 28.2 Å². The Bertz CT molecular complexity index is 895. The molecule has 25 heavy (non-hydrogen) atoms. The van der Waals surface area contributed by atoms with Gasteiger partial charge >= 0.3 is 5.97 Å². The molecule has 0 fully saturated rings. The van der Waals surface area contributed by atoms with Crippen molar-refractivity contribution in [3.8, 4) is 5.75 Å². The van der Waals surface area contributed by atoms with Gasteiger partial charge in [-0.25, -0.2) is 13.6 Å². The van der Waals surface area contributed by atoms with E-state index >= 15 is 0 Å². The first-order chi connectivity index (χ1) is 11.8. The number of aromatic amines is 1. The summed E-state index contributed by atoms with van der Waals surface area (Å²) in [7, 11) is 1.07. The molecule has 0 bridgehead atoms. The number of carbonyl (C=O) groups is 2. The number of pyridine rings is 1. The van der Waals surface area contributed by atoms with Gasteiger partial charge < -0.3 is 20.6 Å². The fraction of sp³-hybridized carbons (Fsp3) is 0.188. The van der Waals surface area contributed by atoms with Crippen molar-refractivity contribution in [1.29, 1.82) is 0 Å². The van der Waals surface area contributed by atoms with Crippen LogP contribution >= 0.6 is 0 Å². The summed E-state index contributed by atoms with van der Waals surface area (Å²) in [4.78, 5) is 37.4. The lowest BCUT2D eigenvalue weighted by molar-refractivity contribution is -0.118. The van der Waals surface area contributed by atoms with E-state index in [4.69, 9.17) is 5.73 Å². The highest BCUT2D eigenvalue weighted by Crippen LogP contribution is 2.33. The highest BCUT2D eigenvalue weighted by atomic mass is 19.2. The average Bonchev–Trinajstić information content (AvgIpc) is 2.55. The van der Waals surface area contributed by atoms with Crippen LogP contribution in [-0.4, -0.2) is 29.1 Å². The van der Waals surface area contributed by atoms with Crippen LogP contribution in [0.25, 0.3) is 0 Å². The van der Waals surface area contributed by atoms with Gasteiger partial charge in [0.05, 0.1) is 12.7 Å². The number of nitrogens with one attached hydrogen (secondary N) is 1. The molecule has 4 N–H and O–H groups in total. The van der Waals surface area contributed by atoms with Crippen molar-refractivity contribution in [2.45, 2.75) is 12.3 Å². The summed E-state index contributed by atoms with van der Waals surface area (Å²) in [6.45, 7) is 0. The molecule has 1 atom stereocenters. The molecule has 0 spiro atoms. The Kier molecular flexibility index (Phi) is 5.16. The van der Waals surface area contributed by atoms with Crippen molar-refractivity contribution in [3.05, 3.63) is 63.1 Å². The first-order valence-electron chi connectivity index (χ1n) is 7.02. The number of benzene rings is 1. The minimum absolute atomic E-state index is 0.0283. The van der Waals surface area contributed by atoms with E-state index in [1.165, 1.54) is 0 Å². The maximum absolute atomic E-state index is 13.5. The average molecular weight is 352 g/mol. The molecule has 1 aromatic carbocycles. The number of esters is 1. The van der Waals surface area contributed by atoms with Crippen molar-refractivity contribution >= 4 is 11.9 Å². The van der Waals surface area contributed by atoms with Gasteiger partial charge in [0, 0.05) is 18.5 Å². The zero-order valence-electron chi connectivity index (χ0n) is 13.0. The molecule has 0 aliphatic rings. The smallest absolute Gasteiger partial charge is 0.343 e. The number of primary amides is 1. The number of nitrogens with two attached hydrogens (primary N) is 1. The number of rotatable bonds is 5. The summed E-state index contributed by atoms with van der Waals surface area (Å²) in [5.41, 5.74) is 3.64. The van der Waals surface area contributed by atoms with E-state index in [0.29, 0.717) is 0 Å². The summed E-state index contributed by atoms with van der Waals surface area (Å²) in [5.74, 6) is -6.03. The van der Waals surface area contributed by atoms with Crippen LogP contribution in [-0.2, 0) is 9.53 Å². The lowest BCUT2D eigenvalue weighted by atomic mass is 9.87. The number of methoxy groups -OCH3 is 1. The van der Waals surface area contributed by atoms with Gasteiger partial charge in [-0.1, -0.05) is 6.07 Å². The molecule has 0 saturated carbocycles. The van der Waals surface area contributed by atoms with Crippen LogP contribution in [0.4, 0.5) is 8.78 Å². The van der Waals surface area contributed by atoms with Gasteiger partial charge in [-0.15, -0.1) is 0 Å². The van der Waals surface area contributed by atoms with Crippen molar-refractivity contribution in [1.82, 2.24) is 4.98 Å². The Morgan fingerprint density at radius 3 is 2.56 bits per heavy atom. The fourth-order valence-electron chi connectivity index (χ4n) is 2.44. The summed E-state index contributed by atoms with van der Waals surface area (Å²) < 4.78 is 31.2. The molecule has 0 aliphatic heterocycles. The second kappa shape index (κ2) is 7.12. The first kappa shape index (κ1) is 18.1. The Balaban J connectivity index is 2.70. The number of ether oxygens (including phenoxy) is 1. The van der Waals surface area contributed by atoms with Gasteiger partial charge in [0.25, 0.3) is 5.56 Å². The van der Waals surface area contributed by atoms with E-state index in [2.05, 4.69) is 9.72 Å². The maximum Gasteiger partial charge on any atom is 0.343 e. The fourth-order valence-corrected chi connectivity index (χ4v) is 2.44. The van der Waals surface area contributed by atoms with E-state index in [-0.39, 0.29) is 16.7 Å². The predicted octanol–water partition coefficient (Wildman–Crippen LogP) is 1.15. The molecule has 9 heteroatoms. The zero-order chi connectivity index (χ0) is 18.7. The largest absolute Gasteiger partial charge is 0.506 e. The van der Waals surface area contributed by atoms with Crippen LogP contribution in [0, 0.1) is 11.6 Å². The number of hydrogen-bond donors (Lipinski definition) is 3. The van der Waals surface area contributed by atoms with E-state index in [1.54, 1.807) is 0 Å². The molecule has 0 radical (unpaired) electrons. The maximum atomic E-state index is 13.5. The third kappa shape index (κ3) is 3.65. The second-order valence-electron chi connectivity index (χ2n) is 5.18. The standard InChI is InChI=1S/C16H14F2N2O5/c1-25-16(24)9-6-20-15(23)13(14(9)22)8(5-12(19)21)7-2-3-10(17)11(18)4-7/h2-4,6,8H,5H2,1H3,(H2,19,21)(H2,20,22,23)/t8-/m1/s1. The lowest BCUT2D eigenvalue weighted by Crippen LogP contribution is -2.24. The summed E-state index contributed by atoms with van der Waals surface area (Å²) in [6, 6.07) is 2.75. The van der Waals surface area contributed by atoms with E-state index < -0.39 is 47.2 Å². The molecule has 7 nitrogen and oxygen atoms in total. The first-order valence-corrected chi connectivity index (χ1v) is 7.02. The molecular formula is C16H14F2N2O5. The third-order valence-corrected chi connectivity index (χ3v) is 3.61. The number of aromatic nitrogens is 1. The van der Waals surface area contributed by atoms with Gasteiger partial charge in [-0.05, 0) is 17.7 Å². The lowest BCUT2D eigenvalue weighted by Gasteiger charge is -2.18. The number of amides is 1. The number of aromatic hydroxyl groups is 1. The summed E-state index contributed by atoms with van der Waals surface area (Å²) in [5, 5.41) is 10.3. The van der Waals surface area contributed by atoms with Gasteiger partial charge in [-0.3, -0.25) is 9.59 Å². The van der Waals surface area contributed by atoms with Crippen molar-refractivity contribution in [2.24, 2.45) is 5.73 Å². The van der Waals surface area contributed by atoms with Crippen molar-refractivity contribution in [3.63, 3.8) is 0 Å². The molecule has 0 aliphatic carbocycles. The number of halogens is 2. The SMILES string of the molecule is COC(=O)c1c[nH]c(=O)c([C@H](CC(N)=O)c2ccc(F)c(F)c2)c1O. The van der Waals surface area contributed by atoms with Crippen LogP contribution in [0.1, 0.15) is 33.8 Å². The van der Waals surface area contributed by atoms with Gasteiger partial charge in [0.2, 0.25) is 5.91 Å². The Labute approximate surface area is 140 Å². The molecule has 0 unspecified atom stereocenters. The predicted molar refractivity (Wildman–Crippen MR) is 82.1 cm³/mol. The molecule has 2 rings (SSSR count). The number of hydrogen-bond acceptors (Lipinski definition) is 5. The Morgan fingerprint density at radius 1 is 1.32 bits per heavy atom. The van der Waals surface area contributed by atoms with Crippen LogP contribution in [0.5, 0.6) is 5.75 Å². The van der Waals surface area contributed by atoms with E-state index in [0.717, 1.165) is 31.5 Å². The van der Waals surface area contributed by atoms with Crippen LogP contribution < -0.4 is 11.3 Å². The molecule has 2 aromatic rings. The second-order valence-corrected chi connectivity index (χ2v) is 5.18. The van der Waals surface area contributed by atoms with Gasteiger partial charge in [-0.2, -0.15) is 0 Å². The highest BCUT2D eigenvalue weighted by molar-refractivity contribution is 5.92. The van der Waals surface area contributed by atoms with Crippen LogP contribution in [0.15, 0.2) is 29.2 Å². The topological polar surface area (TPSA) is 122 Å². The Hall–Kier alpha value is -3.23. The normalized spacial score (nSPS) is 11.8. The number of H-pyrrole nitrogens is 1. The molecule has 132 valence electrons. The van der Waals surface area contributed by atoms with E-state index in [1.807, 2.05) is 0 Å². The molecule has 0 saturated heterocycles. The third-order valence-electron chi connectivity index (χ3n) is 3.61. The minimum atomic E-state index is -1.20. The monoisotopic (exact) mass is 352 g/mol. The number of carbonyl (C=O) groups excluding carboxylic acids is 2. The molecular weight excluding hydrogens is 338 g/mol. The zero-order valence-corrected chi connectivity index (χ0v) is 13.0. The van der Waals surface area contributed by atoms with Crippen LogP contribution in [0.3, 0.4) is 0 Å². The molecule has 1 aromatic heterocycles. The van der Waals surface area contributed by atoms with Crippen LogP contribution in [0.2, 0.25) is 0 Å². The van der Waals surface area contributed by atoms with Gasteiger partial charge in [0.15, 0.2) is 11.6 Å². The van der Waals surface area contributed by atoms with Crippen molar-refractivity contribution in [2.75, 3.05) is 7.11 Å². The summed E-state index contributed by atoms with van der Waals surface area (Å²) >= 11 is 0. The van der Waals surface area contributed by atoms with Gasteiger partial charge in [0.1, 0.15) is 11.3 Å². The highest BCUT2D eigenvalue weighted by Gasteiger charge is 2.27.